The molecule has 1 aromatic rings. The highest BCUT2D eigenvalue weighted by atomic mass is 35.5. The maximum absolute atomic E-state index is 5.70. The van der Waals surface area contributed by atoms with Gasteiger partial charge in [-0.1, -0.05) is 0 Å². The summed E-state index contributed by atoms with van der Waals surface area (Å²) in [7, 11) is 1.64. The highest BCUT2D eigenvalue weighted by Crippen LogP contribution is 2.22. The van der Waals surface area contributed by atoms with Crippen molar-refractivity contribution >= 4 is 24.0 Å². The van der Waals surface area contributed by atoms with E-state index in [1.165, 1.54) is 0 Å². The first-order valence-electron chi connectivity index (χ1n) is 3.75. The Bertz CT molecular complexity index is 260. The Morgan fingerprint density at radius 3 is 2.46 bits per heavy atom. The zero-order valence-electron chi connectivity index (χ0n) is 7.93. The Kier molecular flexibility index (Phi) is 5.11. The smallest absolute Gasteiger partial charge is 0.140 e. The summed E-state index contributed by atoms with van der Waals surface area (Å²) in [6.45, 7) is 4.01. The number of pyridine rings is 1. The average Bonchev–Trinajstić information content (AvgIpc) is 2.10. The highest BCUT2D eigenvalue weighted by molar-refractivity contribution is 6.17. The number of halogens is 2. The second-order valence-electron chi connectivity index (χ2n) is 2.66. The van der Waals surface area contributed by atoms with Gasteiger partial charge in [-0.15, -0.1) is 24.0 Å². The van der Waals surface area contributed by atoms with Crippen LogP contribution in [0.5, 0.6) is 5.75 Å². The van der Waals surface area contributed by atoms with Crippen LogP contribution in [0, 0.1) is 13.8 Å². The SMILES string of the molecule is COc1cnc(CCl)c(C)c1C.Cl. The monoisotopic (exact) mass is 221 g/mol. The maximum atomic E-state index is 5.70. The molecule has 0 saturated carbocycles. The van der Waals surface area contributed by atoms with Gasteiger partial charge in [0.15, 0.2) is 0 Å². The van der Waals surface area contributed by atoms with Crippen molar-refractivity contribution in [3.63, 3.8) is 0 Å². The highest BCUT2D eigenvalue weighted by Gasteiger charge is 2.06. The van der Waals surface area contributed by atoms with E-state index >= 15 is 0 Å². The quantitative estimate of drug-likeness (QED) is 0.718. The molecule has 0 aromatic carbocycles. The molecule has 0 aliphatic carbocycles. The second-order valence-corrected chi connectivity index (χ2v) is 2.92. The molecule has 0 unspecified atom stereocenters. The van der Waals surface area contributed by atoms with Gasteiger partial charge in [0.25, 0.3) is 0 Å². The van der Waals surface area contributed by atoms with Gasteiger partial charge >= 0.3 is 0 Å². The van der Waals surface area contributed by atoms with Crippen LogP contribution in [0.2, 0.25) is 0 Å². The van der Waals surface area contributed by atoms with Gasteiger partial charge in [-0.2, -0.15) is 0 Å². The minimum atomic E-state index is 0. The summed E-state index contributed by atoms with van der Waals surface area (Å²) in [5.41, 5.74) is 3.16. The van der Waals surface area contributed by atoms with Crippen molar-refractivity contribution in [3.05, 3.63) is 23.0 Å². The summed E-state index contributed by atoms with van der Waals surface area (Å²) in [5.74, 6) is 1.28. The van der Waals surface area contributed by atoms with E-state index < -0.39 is 0 Å². The van der Waals surface area contributed by atoms with Gasteiger partial charge in [0, 0.05) is 0 Å². The summed E-state index contributed by atoms with van der Waals surface area (Å²) >= 11 is 5.70. The minimum absolute atomic E-state index is 0. The van der Waals surface area contributed by atoms with Crippen molar-refractivity contribution in [1.29, 1.82) is 0 Å². The number of alkyl halides is 1. The summed E-state index contributed by atoms with van der Waals surface area (Å²) < 4.78 is 5.12. The van der Waals surface area contributed by atoms with Gasteiger partial charge in [0.05, 0.1) is 24.9 Å². The third kappa shape index (κ3) is 2.48. The van der Waals surface area contributed by atoms with Gasteiger partial charge in [0.1, 0.15) is 5.75 Å². The van der Waals surface area contributed by atoms with Crippen molar-refractivity contribution in [1.82, 2.24) is 4.98 Å². The lowest BCUT2D eigenvalue weighted by Crippen LogP contribution is -1.97. The third-order valence-corrected chi connectivity index (χ3v) is 2.30. The Hall–Kier alpha value is -0.470. The number of hydrogen-bond donors (Lipinski definition) is 0. The number of hydrogen-bond acceptors (Lipinski definition) is 2. The first kappa shape index (κ1) is 12.5. The van der Waals surface area contributed by atoms with Crippen molar-refractivity contribution in [2.75, 3.05) is 7.11 Å². The van der Waals surface area contributed by atoms with E-state index in [1.54, 1.807) is 13.3 Å². The van der Waals surface area contributed by atoms with Gasteiger partial charge < -0.3 is 4.74 Å². The molecule has 0 bridgehead atoms. The topological polar surface area (TPSA) is 22.1 Å². The van der Waals surface area contributed by atoms with Gasteiger partial charge in [0.2, 0.25) is 0 Å². The van der Waals surface area contributed by atoms with E-state index in [9.17, 15) is 0 Å². The molecule has 0 spiro atoms. The molecule has 1 rings (SSSR count). The lowest BCUT2D eigenvalue weighted by molar-refractivity contribution is 0.409. The Morgan fingerprint density at radius 2 is 2.00 bits per heavy atom. The minimum Gasteiger partial charge on any atom is -0.495 e. The molecule has 0 N–H and O–H groups in total. The number of ether oxygens (including phenoxy) is 1. The normalized spacial score (nSPS) is 9.23. The molecular formula is C9H13Cl2NO. The predicted octanol–water partition coefficient (Wildman–Crippen LogP) is 2.87. The molecule has 0 atom stereocenters. The molecule has 0 radical (unpaired) electrons. The average molecular weight is 222 g/mol. The molecule has 0 fully saturated rings. The van der Waals surface area contributed by atoms with Gasteiger partial charge in [-0.25, -0.2) is 0 Å². The molecule has 0 amide bonds. The fourth-order valence-corrected chi connectivity index (χ4v) is 1.34. The molecule has 0 aliphatic heterocycles. The molecule has 4 heteroatoms. The molecule has 1 heterocycles. The van der Waals surface area contributed by atoms with Crippen molar-refractivity contribution < 1.29 is 4.74 Å². The Balaban J connectivity index is 0.00000144. The maximum Gasteiger partial charge on any atom is 0.140 e. The first-order chi connectivity index (χ1) is 5.70. The van der Waals surface area contributed by atoms with E-state index in [2.05, 4.69) is 4.98 Å². The van der Waals surface area contributed by atoms with Crippen LogP contribution in [0.3, 0.4) is 0 Å². The fourth-order valence-electron chi connectivity index (χ4n) is 1.07. The number of nitrogens with zero attached hydrogens (tertiary/aromatic N) is 1. The largest absolute Gasteiger partial charge is 0.495 e. The van der Waals surface area contributed by atoms with Crippen LogP contribution < -0.4 is 4.74 Å². The van der Waals surface area contributed by atoms with Gasteiger partial charge in [-0.05, 0) is 25.0 Å². The molecule has 2 nitrogen and oxygen atoms in total. The van der Waals surface area contributed by atoms with Crippen molar-refractivity contribution in [2.45, 2.75) is 19.7 Å². The third-order valence-electron chi connectivity index (χ3n) is 2.05. The Labute approximate surface area is 89.7 Å². The zero-order valence-corrected chi connectivity index (χ0v) is 9.50. The van der Waals surface area contributed by atoms with E-state index in [-0.39, 0.29) is 12.4 Å². The lowest BCUT2D eigenvalue weighted by atomic mass is 10.1. The lowest BCUT2D eigenvalue weighted by Gasteiger charge is -2.09. The van der Waals surface area contributed by atoms with Crippen molar-refractivity contribution in [2.24, 2.45) is 0 Å². The molecule has 1 aromatic heterocycles. The number of aromatic nitrogens is 1. The fraction of sp³-hybridized carbons (Fsp3) is 0.444. The standard InChI is InChI=1S/C9H12ClNO.ClH/c1-6-7(2)9(12-3)5-11-8(6)4-10;/h5H,4H2,1-3H3;1H. The molecule has 0 aliphatic rings. The van der Waals surface area contributed by atoms with E-state index in [0.29, 0.717) is 5.88 Å². The molecule has 0 saturated heterocycles. The van der Waals surface area contributed by atoms with Crippen LogP contribution in [0.4, 0.5) is 0 Å². The predicted molar refractivity (Wildman–Crippen MR) is 57.1 cm³/mol. The summed E-state index contributed by atoms with van der Waals surface area (Å²) in [4.78, 5) is 4.17. The Morgan fingerprint density at radius 1 is 1.38 bits per heavy atom. The summed E-state index contributed by atoms with van der Waals surface area (Å²) in [6.07, 6.45) is 1.71. The second kappa shape index (κ2) is 5.30. The molecule has 74 valence electrons. The van der Waals surface area contributed by atoms with Crippen LogP contribution in [0.25, 0.3) is 0 Å². The van der Waals surface area contributed by atoms with Crippen LogP contribution in [0.15, 0.2) is 6.20 Å². The summed E-state index contributed by atoms with van der Waals surface area (Å²) in [5, 5.41) is 0. The van der Waals surface area contributed by atoms with Gasteiger partial charge in [-0.3, -0.25) is 4.98 Å². The van der Waals surface area contributed by atoms with Crippen LogP contribution >= 0.6 is 24.0 Å². The number of methoxy groups -OCH3 is 1. The van der Waals surface area contributed by atoms with Crippen LogP contribution in [-0.4, -0.2) is 12.1 Å². The molecule has 13 heavy (non-hydrogen) atoms. The van der Waals surface area contributed by atoms with E-state index in [4.69, 9.17) is 16.3 Å². The summed E-state index contributed by atoms with van der Waals surface area (Å²) in [6, 6.07) is 0. The van der Waals surface area contributed by atoms with Crippen molar-refractivity contribution in [3.8, 4) is 5.75 Å². The number of rotatable bonds is 2. The van der Waals surface area contributed by atoms with E-state index in [0.717, 1.165) is 22.6 Å². The van der Waals surface area contributed by atoms with Crippen LogP contribution in [-0.2, 0) is 5.88 Å². The van der Waals surface area contributed by atoms with Crippen LogP contribution in [0.1, 0.15) is 16.8 Å². The first-order valence-corrected chi connectivity index (χ1v) is 4.29. The van der Waals surface area contributed by atoms with E-state index in [1.807, 2.05) is 13.8 Å². The molecular weight excluding hydrogens is 209 g/mol. The zero-order chi connectivity index (χ0) is 9.14.